The molecule has 0 aliphatic rings. The predicted octanol–water partition coefficient (Wildman–Crippen LogP) is 3.84. The number of anilines is 1. The Balaban J connectivity index is 1.71. The molecule has 0 heterocycles. The fourth-order valence-corrected chi connectivity index (χ4v) is 3.40. The topological polar surface area (TPSA) is 72.5 Å². The molecule has 0 unspecified atom stereocenters. The highest BCUT2D eigenvalue weighted by molar-refractivity contribution is 7.92. The third kappa shape index (κ3) is 4.49. The van der Waals surface area contributed by atoms with Gasteiger partial charge in [0.15, 0.2) is 0 Å². The van der Waals surface area contributed by atoms with Gasteiger partial charge in [-0.05, 0) is 35.9 Å². The highest BCUT2D eigenvalue weighted by atomic mass is 32.2. The number of sulfonamides is 1. The predicted molar refractivity (Wildman–Crippen MR) is 99.3 cm³/mol. The van der Waals surface area contributed by atoms with Crippen molar-refractivity contribution in [3.05, 3.63) is 96.1 Å². The lowest BCUT2D eigenvalue weighted by molar-refractivity contribution is 0.0473. The maximum absolute atomic E-state index is 12.4. The smallest absolute Gasteiger partial charge is 0.338 e. The molecule has 0 fully saturated rings. The van der Waals surface area contributed by atoms with Gasteiger partial charge in [0.1, 0.15) is 6.61 Å². The van der Waals surface area contributed by atoms with Crippen LogP contribution in [0.2, 0.25) is 0 Å². The minimum Gasteiger partial charge on any atom is -0.457 e. The highest BCUT2D eigenvalue weighted by Gasteiger charge is 2.15. The lowest BCUT2D eigenvalue weighted by atomic mass is 10.2. The normalized spacial score (nSPS) is 10.9. The standard InChI is InChI=1S/C20H17NO4S/c22-20(25-15-16-8-3-1-4-9-16)17-10-7-11-18(14-17)21-26(23,24)19-12-5-2-6-13-19/h1-14,21H,15H2. The van der Waals surface area contributed by atoms with Gasteiger partial charge in [-0.2, -0.15) is 0 Å². The highest BCUT2D eigenvalue weighted by Crippen LogP contribution is 2.18. The summed E-state index contributed by atoms with van der Waals surface area (Å²) in [6, 6.07) is 23.6. The number of benzene rings is 3. The maximum Gasteiger partial charge on any atom is 0.338 e. The van der Waals surface area contributed by atoms with Crippen LogP contribution in [0, 0.1) is 0 Å². The van der Waals surface area contributed by atoms with E-state index in [-0.39, 0.29) is 17.1 Å². The van der Waals surface area contributed by atoms with Crippen LogP contribution in [0.3, 0.4) is 0 Å². The largest absolute Gasteiger partial charge is 0.457 e. The molecular weight excluding hydrogens is 350 g/mol. The average Bonchev–Trinajstić information content (AvgIpc) is 2.67. The number of carbonyl (C=O) groups excluding carboxylic acids is 1. The van der Waals surface area contributed by atoms with Crippen LogP contribution in [0.25, 0.3) is 0 Å². The van der Waals surface area contributed by atoms with Crippen molar-refractivity contribution in [1.29, 1.82) is 0 Å². The number of esters is 1. The van der Waals surface area contributed by atoms with Crippen LogP contribution in [-0.2, 0) is 21.4 Å². The minimum atomic E-state index is -3.71. The van der Waals surface area contributed by atoms with Crippen molar-refractivity contribution in [2.24, 2.45) is 0 Å². The second-order valence-corrected chi connectivity index (χ2v) is 7.24. The first-order valence-electron chi connectivity index (χ1n) is 7.93. The Morgan fingerprint density at radius 1 is 0.846 bits per heavy atom. The van der Waals surface area contributed by atoms with Crippen LogP contribution in [0.4, 0.5) is 5.69 Å². The van der Waals surface area contributed by atoms with E-state index in [1.807, 2.05) is 30.3 Å². The van der Waals surface area contributed by atoms with E-state index in [9.17, 15) is 13.2 Å². The summed E-state index contributed by atoms with van der Waals surface area (Å²) in [5.74, 6) is -0.519. The summed E-state index contributed by atoms with van der Waals surface area (Å²) in [6.45, 7) is 0.152. The number of carbonyl (C=O) groups is 1. The summed E-state index contributed by atoms with van der Waals surface area (Å²) in [5, 5.41) is 0. The van der Waals surface area contributed by atoms with Crippen LogP contribution in [0.15, 0.2) is 89.8 Å². The number of hydrogen-bond donors (Lipinski definition) is 1. The molecule has 0 amide bonds. The van der Waals surface area contributed by atoms with Crippen LogP contribution in [0.1, 0.15) is 15.9 Å². The molecule has 0 spiro atoms. The maximum atomic E-state index is 12.4. The molecular formula is C20H17NO4S. The van der Waals surface area contributed by atoms with E-state index in [1.165, 1.54) is 18.2 Å². The van der Waals surface area contributed by atoms with Crippen molar-refractivity contribution < 1.29 is 17.9 Å². The molecule has 26 heavy (non-hydrogen) atoms. The van der Waals surface area contributed by atoms with Gasteiger partial charge >= 0.3 is 5.97 Å². The molecule has 0 saturated heterocycles. The Kier molecular flexibility index (Phi) is 5.34. The van der Waals surface area contributed by atoms with Crippen molar-refractivity contribution in [3.63, 3.8) is 0 Å². The van der Waals surface area contributed by atoms with Crippen LogP contribution >= 0.6 is 0 Å². The minimum absolute atomic E-state index is 0.150. The first-order chi connectivity index (χ1) is 12.5. The summed E-state index contributed by atoms with van der Waals surface area (Å²) >= 11 is 0. The van der Waals surface area contributed by atoms with E-state index in [1.54, 1.807) is 36.4 Å². The zero-order chi connectivity index (χ0) is 18.4. The van der Waals surface area contributed by atoms with Gasteiger partial charge < -0.3 is 4.74 Å². The number of nitrogens with one attached hydrogen (secondary N) is 1. The van der Waals surface area contributed by atoms with Gasteiger partial charge in [-0.25, -0.2) is 13.2 Å². The molecule has 0 saturated carbocycles. The van der Waals surface area contributed by atoms with Gasteiger partial charge in [0, 0.05) is 5.69 Å². The summed E-state index contributed by atoms with van der Waals surface area (Å²) in [7, 11) is -3.71. The molecule has 0 aliphatic heterocycles. The summed E-state index contributed by atoms with van der Waals surface area (Å²) in [6.07, 6.45) is 0. The molecule has 3 aromatic rings. The van der Waals surface area contributed by atoms with Gasteiger partial charge in [0.25, 0.3) is 10.0 Å². The molecule has 1 N–H and O–H groups in total. The zero-order valence-corrected chi connectivity index (χ0v) is 14.6. The lowest BCUT2D eigenvalue weighted by Crippen LogP contribution is -2.13. The first kappa shape index (κ1) is 17.7. The van der Waals surface area contributed by atoms with Crippen molar-refractivity contribution in [2.45, 2.75) is 11.5 Å². The summed E-state index contributed by atoms with van der Waals surface area (Å²) in [4.78, 5) is 12.4. The molecule has 3 rings (SSSR count). The van der Waals surface area contributed by atoms with Gasteiger partial charge in [0.05, 0.1) is 10.5 Å². The molecule has 5 nitrogen and oxygen atoms in total. The first-order valence-corrected chi connectivity index (χ1v) is 9.42. The Bertz CT molecular complexity index is 987. The fourth-order valence-electron chi connectivity index (χ4n) is 2.33. The van der Waals surface area contributed by atoms with Crippen molar-refractivity contribution in [3.8, 4) is 0 Å². The molecule has 3 aromatic carbocycles. The van der Waals surface area contributed by atoms with Gasteiger partial charge in [-0.3, -0.25) is 4.72 Å². The molecule has 0 atom stereocenters. The van der Waals surface area contributed by atoms with Gasteiger partial charge in [-0.1, -0.05) is 54.6 Å². The third-order valence-corrected chi connectivity index (χ3v) is 5.01. The number of hydrogen-bond acceptors (Lipinski definition) is 4. The summed E-state index contributed by atoms with van der Waals surface area (Å²) < 4.78 is 32.5. The van der Waals surface area contributed by atoms with E-state index >= 15 is 0 Å². The Morgan fingerprint density at radius 2 is 1.50 bits per heavy atom. The molecule has 6 heteroatoms. The van der Waals surface area contributed by atoms with E-state index in [0.717, 1.165) is 5.56 Å². The lowest BCUT2D eigenvalue weighted by Gasteiger charge is -2.10. The number of rotatable bonds is 6. The second kappa shape index (κ2) is 7.84. The van der Waals surface area contributed by atoms with Gasteiger partial charge in [-0.15, -0.1) is 0 Å². The molecule has 0 radical (unpaired) electrons. The molecule has 0 aliphatic carbocycles. The third-order valence-electron chi connectivity index (χ3n) is 3.62. The molecule has 0 aromatic heterocycles. The van der Waals surface area contributed by atoms with E-state index < -0.39 is 16.0 Å². The second-order valence-electron chi connectivity index (χ2n) is 5.56. The molecule has 0 bridgehead atoms. The zero-order valence-electron chi connectivity index (χ0n) is 13.8. The van der Waals surface area contributed by atoms with Gasteiger partial charge in [0.2, 0.25) is 0 Å². The Hall–Kier alpha value is -3.12. The van der Waals surface area contributed by atoms with E-state index in [4.69, 9.17) is 4.74 Å². The van der Waals surface area contributed by atoms with E-state index in [2.05, 4.69) is 4.72 Å². The van der Waals surface area contributed by atoms with Crippen LogP contribution in [0.5, 0.6) is 0 Å². The quantitative estimate of drug-likeness (QED) is 0.672. The monoisotopic (exact) mass is 367 g/mol. The fraction of sp³-hybridized carbons (Fsp3) is 0.0500. The summed E-state index contributed by atoms with van der Waals surface area (Å²) in [5.41, 5.74) is 1.44. The Labute approximate surface area is 152 Å². The van der Waals surface area contributed by atoms with Crippen molar-refractivity contribution in [1.82, 2.24) is 0 Å². The SMILES string of the molecule is O=C(OCc1ccccc1)c1cccc(NS(=O)(=O)c2ccccc2)c1. The Morgan fingerprint density at radius 3 is 2.19 bits per heavy atom. The van der Waals surface area contributed by atoms with Crippen LogP contribution < -0.4 is 4.72 Å². The van der Waals surface area contributed by atoms with Crippen LogP contribution in [-0.4, -0.2) is 14.4 Å². The average molecular weight is 367 g/mol. The van der Waals surface area contributed by atoms with Crippen molar-refractivity contribution >= 4 is 21.7 Å². The van der Waals surface area contributed by atoms with Crippen molar-refractivity contribution in [2.75, 3.05) is 4.72 Å². The molecule has 132 valence electrons. The van der Waals surface area contributed by atoms with E-state index in [0.29, 0.717) is 5.69 Å². The number of ether oxygens (including phenoxy) is 1.